The SMILES string of the molecule is CC(C)c1ccc([C@@H](C(=O)NC[C@@H]2CCCO2)N(C(=O)Cn2nnc3ccccc32)c2ccc(F)cc2)cc1. The van der Waals surface area contributed by atoms with E-state index in [9.17, 15) is 14.0 Å². The van der Waals surface area contributed by atoms with Crippen LogP contribution in [0.3, 0.4) is 0 Å². The van der Waals surface area contributed by atoms with Gasteiger partial charge in [0.05, 0.1) is 11.6 Å². The van der Waals surface area contributed by atoms with Crippen molar-refractivity contribution in [1.82, 2.24) is 20.3 Å². The lowest BCUT2D eigenvalue weighted by molar-refractivity contribution is -0.127. The zero-order valence-electron chi connectivity index (χ0n) is 22.1. The molecule has 1 fully saturated rings. The van der Waals surface area contributed by atoms with Gasteiger partial charge in [0.2, 0.25) is 11.8 Å². The van der Waals surface area contributed by atoms with Crippen LogP contribution in [0.2, 0.25) is 0 Å². The van der Waals surface area contributed by atoms with E-state index in [0.717, 1.165) is 18.4 Å². The quantitative estimate of drug-likeness (QED) is 0.338. The molecule has 4 aromatic rings. The molecule has 0 saturated carbocycles. The molecule has 1 aliphatic heterocycles. The Bertz CT molecular complexity index is 1430. The van der Waals surface area contributed by atoms with E-state index in [1.165, 1.54) is 33.8 Å². The van der Waals surface area contributed by atoms with Gasteiger partial charge in [-0.1, -0.05) is 55.5 Å². The van der Waals surface area contributed by atoms with E-state index in [1.807, 2.05) is 48.5 Å². The lowest BCUT2D eigenvalue weighted by Crippen LogP contribution is -2.46. The van der Waals surface area contributed by atoms with Crippen molar-refractivity contribution in [3.63, 3.8) is 0 Å². The van der Waals surface area contributed by atoms with Crippen molar-refractivity contribution in [2.24, 2.45) is 0 Å². The number of benzene rings is 3. The second kappa shape index (κ2) is 11.7. The zero-order valence-corrected chi connectivity index (χ0v) is 22.1. The number of nitrogens with zero attached hydrogens (tertiary/aromatic N) is 4. The summed E-state index contributed by atoms with van der Waals surface area (Å²) in [5, 5.41) is 11.3. The molecule has 5 rings (SSSR count). The highest BCUT2D eigenvalue weighted by atomic mass is 19.1. The maximum absolute atomic E-state index is 14.0. The van der Waals surface area contributed by atoms with Crippen LogP contribution in [0.25, 0.3) is 11.0 Å². The molecule has 0 radical (unpaired) electrons. The summed E-state index contributed by atoms with van der Waals surface area (Å²) in [7, 11) is 0. The fourth-order valence-electron chi connectivity index (χ4n) is 4.87. The smallest absolute Gasteiger partial charge is 0.249 e. The standard InChI is InChI=1S/C30H32FN5O3/c1-20(2)21-9-11-22(12-10-21)29(30(38)32-18-25-6-5-17-39-25)36(24-15-13-23(31)14-16-24)28(37)19-35-27-8-4-3-7-26(27)33-34-35/h3-4,7-16,20,25,29H,5-6,17-19H2,1-2H3,(H,32,38)/t25-,29-/m0/s1. The summed E-state index contributed by atoms with van der Waals surface area (Å²) in [6.07, 6.45) is 1.76. The van der Waals surface area contributed by atoms with E-state index in [-0.39, 0.29) is 24.5 Å². The normalized spacial score (nSPS) is 15.9. The second-order valence-corrected chi connectivity index (χ2v) is 10.1. The van der Waals surface area contributed by atoms with E-state index in [2.05, 4.69) is 29.5 Å². The number of carbonyl (C=O) groups is 2. The van der Waals surface area contributed by atoms with Crippen molar-refractivity contribution in [2.45, 2.75) is 51.3 Å². The Morgan fingerprint density at radius 1 is 1.05 bits per heavy atom. The molecule has 202 valence electrons. The zero-order chi connectivity index (χ0) is 27.4. The van der Waals surface area contributed by atoms with Crippen LogP contribution in [0.4, 0.5) is 10.1 Å². The van der Waals surface area contributed by atoms with E-state index < -0.39 is 11.9 Å². The maximum Gasteiger partial charge on any atom is 0.249 e. The minimum absolute atomic E-state index is 0.0607. The average molecular weight is 530 g/mol. The van der Waals surface area contributed by atoms with Gasteiger partial charge in [-0.25, -0.2) is 9.07 Å². The van der Waals surface area contributed by atoms with Crippen LogP contribution < -0.4 is 10.2 Å². The lowest BCUT2D eigenvalue weighted by atomic mass is 9.97. The van der Waals surface area contributed by atoms with Crippen molar-refractivity contribution >= 4 is 28.5 Å². The molecule has 0 aliphatic carbocycles. The molecule has 2 atom stereocenters. The maximum atomic E-state index is 14.0. The van der Waals surface area contributed by atoms with Gasteiger partial charge in [0.15, 0.2) is 0 Å². The Kier molecular flexibility index (Phi) is 7.97. The minimum atomic E-state index is -1.000. The van der Waals surface area contributed by atoms with Gasteiger partial charge >= 0.3 is 0 Å². The van der Waals surface area contributed by atoms with Gasteiger partial charge in [-0.05, 0) is 66.3 Å². The first-order valence-corrected chi connectivity index (χ1v) is 13.3. The number of rotatable bonds is 9. The summed E-state index contributed by atoms with van der Waals surface area (Å²) < 4.78 is 21.1. The summed E-state index contributed by atoms with van der Waals surface area (Å²) in [5.41, 5.74) is 3.52. The van der Waals surface area contributed by atoms with E-state index in [4.69, 9.17) is 4.74 Å². The number of nitrogens with one attached hydrogen (secondary N) is 1. The largest absolute Gasteiger partial charge is 0.376 e. The molecule has 1 aliphatic rings. The summed E-state index contributed by atoms with van der Waals surface area (Å²) >= 11 is 0. The van der Waals surface area contributed by atoms with Gasteiger partial charge < -0.3 is 10.1 Å². The predicted octanol–water partition coefficient (Wildman–Crippen LogP) is 4.76. The van der Waals surface area contributed by atoms with Crippen LogP contribution in [0.1, 0.15) is 49.8 Å². The molecule has 1 saturated heterocycles. The third-order valence-electron chi connectivity index (χ3n) is 7.03. The monoisotopic (exact) mass is 529 g/mol. The average Bonchev–Trinajstić information content (AvgIpc) is 3.61. The van der Waals surface area contributed by atoms with Crippen LogP contribution in [0.15, 0.2) is 72.8 Å². The third-order valence-corrected chi connectivity index (χ3v) is 7.03. The minimum Gasteiger partial charge on any atom is -0.376 e. The molecule has 0 unspecified atom stereocenters. The molecule has 1 aromatic heterocycles. The molecule has 0 spiro atoms. The number of anilines is 1. The molecule has 39 heavy (non-hydrogen) atoms. The number of ether oxygens (including phenoxy) is 1. The topological polar surface area (TPSA) is 89.4 Å². The van der Waals surface area contributed by atoms with E-state index in [1.54, 1.807) is 0 Å². The van der Waals surface area contributed by atoms with Gasteiger partial charge in [-0.3, -0.25) is 14.5 Å². The highest BCUT2D eigenvalue weighted by Gasteiger charge is 2.34. The van der Waals surface area contributed by atoms with Gasteiger partial charge in [0, 0.05) is 18.8 Å². The summed E-state index contributed by atoms with van der Waals surface area (Å²) in [5.74, 6) is -0.859. The molecule has 1 N–H and O–H groups in total. The van der Waals surface area contributed by atoms with Crippen molar-refractivity contribution in [1.29, 1.82) is 0 Å². The Morgan fingerprint density at radius 3 is 2.46 bits per heavy atom. The number of aromatic nitrogens is 3. The first-order valence-electron chi connectivity index (χ1n) is 13.3. The number of halogens is 1. The fraction of sp³-hybridized carbons (Fsp3) is 0.333. The third kappa shape index (κ3) is 5.98. The number of amides is 2. The van der Waals surface area contributed by atoms with E-state index >= 15 is 0 Å². The molecule has 9 heteroatoms. The number of hydrogen-bond donors (Lipinski definition) is 1. The molecule has 8 nitrogen and oxygen atoms in total. The summed E-state index contributed by atoms with van der Waals surface area (Å²) in [6.45, 7) is 5.05. The number of carbonyl (C=O) groups excluding carboxylic acids is 2. The molecule has 2 amide bonds. The number of hydrogen-bond acceptors (Lipinski definition) is 5. The number of para-hydroxylation sites is 1. The molecular weight excluding hydrogens is 497 g/mol. The molecule has 0 bridgehead atoms. The van der Waals surface area contributed by atoms with Crippen molar-refractivity contribution in [3.05, 3.63) is 89.7 Å². The van der Waals surface area contributed by atoms with Crippen LogP contribution in [-0.4, -0.2) is 46.1 Å². The van der Waals surface area contributed by atoms with E-state index in [0.29, 0.717) is 41.4 Å². The van der Waals surface area contributed by atoms with Crippen molar-refractivity contribution in [2.75, 3.05) is 18.1 Å². The Morgan fingerprint density at radius 2 is 1.77 bits per heavy atom. The molecule has 2 heterocycles. The fourth-order valence-corrected chi connectivity index (χ4v) is 4.87. The van der Waals surface area contributed by atoms with Gasteiger partial charge in [-0.15, -0.1) is 5.10 Å². The highest BCUT2D eigenvalue weighted by Crippen LogP contribution is 2.30. The first kappa shape index (κ1) is 26.5. The van der Waals surface area contributed by atoms with Crippen LogP contribution in [-0.2, 0) is 20.9 Å². The Balaban J connectivity index is 1.54. The van der Waals surface area contributed by atoms with Crippen LogP contribution in [0, 0.1) is 5.82 Å². The van der Waals surface area contributed by atoms with Gasteiger partial charge in [0.25, 0.3) is 0 Å². The van der Waals surface area contributed by atoms with Crippen molar-refractivity contribution in [3.8, 4) is 0 Å². The predicted molar refractivity (Wildman–Crippen MR) is 147 cm³/mol. The second-order valence-electron chi connectivity index (χ2n) is 10.1. The molecular formula is C30H32FN5O3. The Labute approximate surface area is 226 Å². The van der Waals surface area contributed by atoms with Crippen LogP contribution >= 0.6 is 0 Å². The lowest BCUT2D eigenvalue weighted by Gasteiger charge is -2.32. The van der Waals surface area contributed by atoms with Crippen molar-refractivity contribution < 1.29 is 18.7 Å². The summed E-state index contributed by atoms with van der Waals surface area (Å²) in [6, 6.07) is 19.6. The summed E-state index contributed by atoms with van der Waals surface area (Å²) in [4.78, 5) is 29.3. The molecule has 3 aromatic carbocycles. The Hall–Kier alpha value is -4.11. The van der Waals surface area contributed by atoms with Crippen LogP contribution in [0.5, 0.6) is 0 Å². The highest BCUT2D eigenvalue weighted by molar-refractivity contribution is 6.01. The first-order chi connectivity index (χ1) is 18.9. The van der Waals surface area contributed by atoms with Gasteiger partial charge in [0.1, 0.15) is 23.9 Å². The van der Waals surface area contributed by atoms with Gasteiger partial charge in [-0.2, -0.15) is 0 Å². The number of fused-ring (bicyclic) bond motifs is 1.